The van der Waals surface area contributed by atoms with E-state index in [-0.39, 0.29) is 11.7 Å². The molecule has 4 aromatic rings. The Balaban J connectivity index is 1.60. The summed E-state index contributed by atoms with van der Waals surface area (Å²) in [6, 6.07) is 12.8. The number of aromatic nitrogens is 2. The summed E-state index contributed by atoms with van der Waals surface area (Å²) in [5.74, 6) is 0.871. The Morgan fingerprint density at radius 2 is 1.97 bits per heavy atom. The van der Waals surface area contributed by atoms with Gasteiger partial charge in [-0.05, 0) is 47.9 Å². The molecule has 0 radical (unpaired) electrons. The van der Waals surface area contributed by atoms with E-state index in [0.29, 0.717) is 18.1 Å². The number of ether oxygens (including phenoxy) is 1. The van der Waals surface area contributed by atoms with Crippen LogP contribution in [0, 0.1) is 6.92 Å². The highest BCUT2D eigenvalue weighted by molar-refractivity contribution is 7.23. The molecule has 0 aliphatic heterocycles. The third kappa shape index (κ3) is 4.42. The van der Waals surface area contributed by atoms with E-state index in [4.69, 9.17) is 4.74 Å². The highest BCUT2D eigenvalue weighted by Gasteiger charge is 2.15. The Hall–Kier alpha value is -3.85. The molecule has 0 unspecified atom stereocenters. The quantitative estimate of drug-likeness (QED) is 0.373. The first-order valence-electron chi connectivity index (χ1n) is 9.81. The van der Waals surface area contributed by atoms with Crippen molar-refractivity contribution >= 4 is 39.0 Å². The fraction of sp³-hybridized carbons (Fsp3) is 0.174. The van der Waals surface area contributed by atoms with Crippen LogP contribution in [0.5, 0.6) is 11.5 Å². The molecule has 8 nitrogen and oxygen atoms in total. The van der Waals surface area contributed by atoms with Gasteiger partial charge in [0.25, 0.3) is 0 Å². The van der Waals surface area contributed by atoms with Crippen LogP contribution in [0.15, 0.2) is 59.0 Å². The van der Waals surface area contributed by atoms with Crippen LogP contribution < -0.4 is 10.1 Å². The van der Waals surface area contributed by atoms with Crippen molar-refractivity contribution in [2.24, 2.45) is 10.2 Å². The van der Waals surface area contributed by atoms with Gasteiger partial charge >= 0.3 is 0 Å². The van der Waals surface area contributed by atoms with E-state index in [2.05, 4.69) is 25.5 Å². The summed E-state index contributed by atoms with van der Waals surface area (Å²) in [5, 5.41) is 21.3. The lowest BCUT2D eigenvalue weighted by Crippen LogP contribution is -2.05. The van der Waals surface area contributed by atoms with Gasteiger partial charge in [-0.2, -0.15) is 5.11 Å². The minimum Gasteiger partial charge on any atom is -0.504 e. The zero-order valence-corrected chi connectivity index (χ0v) is 18.6. The number of amides is 1. The lowest BCUT2D eigenvalue weighted by Gasteiger charge is -2.04. The van der Waals surface area contributed by atoms with Crippen LogP contribution in [0.1, 0.15) is 18.1 Å². The van der Waals surface area contributed by atoms with Gasteiger partial charge < -0.3 is 15.2 Å². The van der Waals surface area contributed by atoms with E-state index in [0.717, 1.165) is 37.5 Å². The van der Waals surface area contributed by atoms with Crippen LogP contribution in [-0.2, 0) is 11.3 Å². The Labute approximate surface area is 188 Å². The van der Waals surface area contributed by atoms with Gasteiger partial charge in [-0.25, -0.2) is 9.97 Å². The van der Waals surface area contributed by atoms with Crippen LogP contribution in [-0.4, -0.2) is 28.1 Å². The van der Waals surface area contributed by atoms with Crippen molar-refractivity contribution in [3.8, 4) is 21.9 Å². The zero-order valence-electron chi connectivity index (χ0n) is 17.8. The first-order valence-corrected chi connectivity index (χ1v) is 10.6. The lowest BCUT2D eigenvalue weighted by atomic mass is 10.1. The van der Waals surface area contributed by atoms with Crippen molar-refractivity contribution < 1.29 is 14.6 Å². The topological polar surface area (TPSA) is 109 Å². The second-order valence-electron chi connectivity index (χ2n) is 7.10. The van der Waals surface area contributed by atoms with Crippen molar-refractivity contribution in [3.05, 3.63) is 59.9 Å². The second-order valence-corrected chi connectivity index (χ2v) is 8.12. The number of azo groups is 1. The van der Waals surface area contributed by atoms with Crippen LogP contribution in [0.25, 0.3) is 20.7 Å². The van der Waals surface area contributed by atoms with Crippen molar-refractivity contribution in [2.75, 3.05) is 12.4 Å². The number of hydrogen-bond donors (Lipinski definition) is 2. The predicted octanol–water partition coefficient (Wildman–Crippen LogP) is 5.62. The molecule has 4 rings (SSSR count). The molecule has 0 spiro atoms. The van der Waals surface area contributed by atoms with E-state index < -0.39 is 0 Å². The number of benzene rings is 2. The SMILES string of the molecule is COc1ccc(CN=Nc2ncnc3c(C)c(-c4ccc(NC(C)=O)cc4)sc23)cc1O. The summed E-state index contributed by atoms with van der Waals surface area (Å²) >= 11 is 1.55. The fourth-order valence-electron chi connectivity index (χ4n) is 3.28. The first-order chi connectivity index (χ1) is 15.5. The molecule has 0 aliphatic rings. The number of aromatic hydroxyl groups is 1. The third-order valence-corrected chi connectivity index (χ3v) is 6.14. The fourth-order valence-corrected chi connectivity index (χ4v) is 4.48. The number of fused-ring (bicyclic) bond motifs is 1. The smallest absolute Gasteiger partial charge is 0.221 e. The number of nitrogens with one attached hydrogen (secondary N) is 1. The van der Waals surface area contributed by atoms with Crippen LogP contribution in [0.2, 0.25) is 0 Å². The molecule has 2 heterocycles. The van der Waals surface area contributed by atoms with Gasteiger partial charge in [0.15, 0.2) is 17.3 Å². The monoisotopic (exact) mass is 447 g/mol. The predicted molar refractivity (Wildman–Crippen MR) is 125 cm³/mol. The highest BCUT2D eigenvalue weighted by atomic mass is 32.1. The molecule has 0 atom stereocenters. The number of methoxy groups -OCH3 is 1. The Kier molecular flexibility index (Phi) is 6.09. The number of aryl methyl sites for hydroxylation is 1. The Morgan fingerprint density at radius 3 is 2.66 bits per heavy atom. The largest absolute Gasteiger partial charge is 0.504 e. The molecule has 0 saturated carbocycles. The maximum Gasteiger partial charge on any atom is 0.221 e. The van der Waals surface area contributed by atoms with Crippen LogP contribution in [0.4, 0.5) is 11.5 Å². The van der Waals surface area contributed by atoms with E-state index >= 15 is 0 Å². The summed E-state index contributed by atoms with van der Waals surface area (Å²) in [6.45, 7) is 3.80. The van der Waals surface area contributed by atoms with Gasteiger partial charge in [-0.3, -0.25) is 4.79 Å². The number of carbonyl (C=O) groups is 1. The van der Waals surface area contributed by atoms with Gasteiger partial charge in [0, 0.05) is 17.5 Å². The average molecular weight is 448 g/mol. The Bertz CT molecular complexity index is 1320. The van der Waals surface area contributed by atoms with Crippen molar-refractivity contribution in [1.29, 1.82) is 0 Å². The summed E-state index contributed by atoms with van der Waals surface area (Å²) in [5.41, 5.74) is 4.45. The highest BCUT2D eigenvalue weighted by Crippen LogP contribution is 2.40. The van der Waals surface area contributed by atoms with Crippen LogP contribution in [0.3, 0.4) is 0 Å². The van der Waals surface area contributed by atoms with Crippen molar-refractivity contribution in [2.45, 2.75) is 20.4 Å². The Morgan fingerprint density at radius 1 is 1.19 bits per heavy atom. The number of phenols is 1. The number of carbonyl (C=O) groups excluding carboxylic acids is 1. The average Bonchev–Trinajstić information content (AvgIpc) is 3.11. The zero-order chi connectivity index (χ0) is 22.7. The summed E-state index contributed by atoms with van der Waals surface area (Å²) in [7, 11) is 1.50. The summed E-state index contributed by atoms with van der Waals surface area (Å²) < 4.78 is 5.91. The molecule has 0 saturated heterocycles. The van der Waals surface area contributed by atoms with Gasteiger partial charge in [0.05, 0.1) is 19.2 Å². The number of nitrogens with zero attached hydrogens (tertiary/aromatic N) is 4. The molecule has 32 heavy (non-hydrogen) atoms. The molecule has 2 aromatic heterocycles. The summed E-state index contributed by atoms with van der Waals surface area (Å²) in [6.07, 6.45) is 1.49. The molecule has 9 heteroatoms. The third-order valence-electron chi connectivity index (χ3n) is 4.81. The lowest BCUT2D eigenvalue weighted by molar-refractivity contribution is -0.114. The number of hydrogen-bond acceptors (Lipinski definition) is 8. The minimum absolute atomic E-state index is 0.0627. The second kappa shape index (κ2) is 9.11. The normalized spacial score (nSPS) is 11.2. The van der Waals surface area contributed by atoms with Crippen molar-refractivity contribution in [3.63, 3.8) is 0 Å². The van der Waals surface area contributed by atoms with E-state index in [1.807, 2.05) is 37.3 Å². The molecular formula is C23H21N5O3S. The maximum atomic E-state index is 11.2. The van der Waals surface area contributed by atoms with Crippen molar-refractivity contribution in [1.82, 2.24) is 9.97 Å². The molecule has 1 amide bonds. The van der Waals surface area contributed by atoms with E-state index in [9.17, 15) is 9.90 Å². The van der Waals surface area contributed by atoms with Gasteiger partial charge in [0.1, 0.15) is 11.0 Å². The molecule has 0 bridgehead atoms. The molecular weight excluding hydrogens is 426 g/mol. The number of phenolic OH excluding ortho intramolecular Hbond substituents is 1. The van der Waals surface area contributed by atoms with Gasteiger partial charge in [-0.15, -0.1) is 16.5 Å². The first kappa shape index (κ1) is 21.4. The van der Waals surface area contributed by atoms with E-state index in [1.54, 1.807) is 23.5 Å². The molecule has 162 valence electrons. The van der Waals surface area contributed by atoms with Crippen LogP contribution >= 0.6 is 11.3 Å². The number of rotatable bonds is 6. The number of anilines is 1. The standard InChI is InChI=1S/C23H21N5O3S/c1-13-20-22(32-21(13)16-5-7-17(8-6-16)27-14(2)29)23(25-12-24-20)28-26-11-15-4-9-19(31-3)18(30)10-15/h4-10,12,30H,11H2,1-3H3,(H,27,29). The summed E-state index contributed by atoms with van der Waals surface area (Å²) in [4.78, 5) is 21.0. The molecule has 0 aliphatic carbocycles. The molecule has 2 aromatic carbocycles. The molecule has 0 fully saturated rings. The minimum atomic E-state index is -0.106. The maximum absolute atomic E-state index is 11.2. The van der Waals surface area contributed by atoms with E-state index in [1.165, 1.54) is 20.4 Å². The molecule has 2 N–H and O–H groups in total. The van der Waals surface area contributed by atoms with Gasteiger partial charge in [-0.1, -0.05) is 18.2 Å². The number of thiophene rings is 1. The van der Waals surface area contributed by atoms with Gasteiger partial charge in [0.2, 0.25) is 5.91 Å².